The smallest absolute Gasteiger partial charge is 0.129 e. The van der Waals surface area contributed by atoms with Crippen LogP contribution in [-0.4, -0.2) is 16.3 Å². The highest BCUT2D eigenvalue weighted by Gasteiger charge is 2.19. The second-order valence-corrected chi connectivity index (χ2v) is 3.97. The molecule has 0 aliphatic carbocycles. The van der Waals surface area contributed by atoms with Crippen molar-refractivity contribution in [1.29, 1.82) is 0 Å². The van der Waals surface area contributed by atoms with Crippen LogP contribution in [0.3, 0.4) is 0 Å². The standard InChI is InChI=1S/C11H12N2O/c1-11(2,6-14)8-3-4-9-10(5-8)13-7-12-9/h3-7H,1-2H3,(H,12,13). The molecule has 14 heavy (non-hydrogen) atoms. The maximum atomic E-state index is 10.9. The second kappa shape index (κ2) is 2.94. The molecule has 0 unspecified atom stereocenters. The van der Waals surface area contributed by atoms with E-state index in [1.165, 1.54) is 0 Å². The average Bonchev–Trinajstić information content (AvgIpc) is 2.64. The summed E-state index contributed by atoms with van der Waals surface area (Å²) >= 11 is 0. The number of benzene rings is 1. The van der Waals surface area contributed by atoms with Gasteiger partial charge in [0.25, 0.3) is 0 Å². The van der Waals surface area contributed by atoms with Crippen LogP contribution in [-0.2, 0) is 10.2 Å². The van der Waals surface area contributed by atoms with Gasteiger partial charge in [-0.3, -0.25) is 0 Å². The van der Waals surface area contributed by atoms with Crippen molar-refractivity contribution in [2.24, 2.45) is 0 Å². The van der Waals surface area contributed by atoms with Crippen LogP contribution in [0.4, 0.5) is 0 Å². The SMILES string of the molecule is CC(C)(C=O)c1ccc2nc[nH]c2c1. The molecule has 0 amide bonds. The number of imidazole rings is 1. The van der Waals surface area contributed by atoms with E-state index in [0.29, 0.717) is 0 Å². The summed E-state index contributed by atoms with van der Waals surface area (Å²) in [6.07, 6.45) is 2.62. The van der Waals surface area contributed by atoms with Gasteiger partial charge in [0.05, 0.1) is 17.4 Å². The van der Waals surface area contributed by atoms with Crippen molar-refractivity contribution < 1.29 is 4.79 Å². The van der Waals surface area contributed by atoms with Crippen molar-refractivity contribution in [3.63, 3.8) is 0 Å². The summed E-state index contributed by atoms with van der Waals surface area (Å²) in [5.74, 6) is 0. The molecule has 1 heterocycles. The first-order chi connectivity index (χ1) is 6.63. The van der Waals surface area contributed by atoms with Gasteiger partial charge >= 0.3 is 0 Å². The highest BCUT2D eigenvalue weighted by Crippen LogP contribution is 2.23. The van der Waals surface area contributed by atoms with Gasteiger partial charge in [0, 0.05) is 5.41 Å². The summed E-state index contributed by atoms with van der Waals surface area (Å²) in [5.41, 5.74) is 2.47. The van der Waals surface area contributed by atoms with Gasteiger partial charge in [-0.15, -0.1) is 0 Å². The summed E-state index contributed by atoms with van der Waals surface area (Å²) in [6, 6.07) is 5.83. The van der Waals surface area contributed by atoms with Gasteiger partial charge in [-0.1, -0.05) is 6.07 Å². The molecular formula is C11H12N2O. The van der Waals surface area contributed by atoms with Crippen LogP contribution in [0.2, 0.25) is 0 Å². The fraction of sp³-hybridized carbons (Fsp3) is 0.273. The van der Waals surface area contributed by atoms with Gasteiger partial charge in [0.2, 0.25) is 0 Å². The van der Waals surface area contributed by atoms with Gasteiger partial charge in [0.15, 0.2) is 0 Å². The maximum absolute atomic E-state index is 10.9. The first-order valence-corrected chi connectivity index (χ1v) is 4.53. The Hall–Kier alpha value is -1.64. The number of hydrogen-bond acceptors (Lipinski definition) is 2. The van der Waals surface area contributed by atoms with E-state index in [2.05, 4.69) is 9.97 Å². The summed E-state index contributed by atoms with van der Waals surface area (Å²) in [6.45, 7) is 3.80. The molecule has 0 aliphatic heterocycles. The molecule has 1 N–H and O–H groups in total. The number of carbonyl (C=O) groups excluding carboxylic acids is 1. The zero-order valence-corrected chi connectivity index (χ0v) is 8.24. The largest absolute Gasteiger partial charge is 0.345 e. The molecule has 2 rings (SSSR count). The Morgan fingerprint density at radius 3 is 2.93 bits per heavy atom. The minimum Gasteiger partial charge on any atom is -0.345 e. The van der Waals surface area contributed by atoms with Crippen molar-refractivity contribution in [1.82, 2.24) is 9.97 Å². The third kappa shape index (κ3) is 1.31. The first kappa shape index (κ1) is 8.94. The van der Waals surface area contributed by atoms with E-state index in [4.69, 9.17) is 0 Å². The van der Waals surface area contributed by atoms with E-state index >= 15 is 0 Å². The van der Waals surface area contributed by atoms with Crippen molar-refractivity contribution in [3.8, 4) is 0 Å². The summed E-state index contributed by atoms with van der Waals surface area (Å²) < 4.78 is 0. The number of hydrogen-bond donors (Lipinski definition) is 1. The van der Waals surface area contributed by atoms with Crippen molar-refractivity contribution in [3.05, 3.63) is 30.1 Å². The van der Waals surface area contributed by atoms with Crippen LogP contribution < -0.4 is 0 Å². The van der Waals surface area contributed by atoms with Crippen LogP contribution in [0.1, 0.15) is 19.4 Å². The third-order valence-corrected chi connectivity index (χ3v) is 2.46. The molecule has 0 aliphatic rings. The Morgan fingerprint density at radius 1 is 1.43 bits per heavy atom. The second-order valence-electron chi connectivity index (χ2n) is 3.97. The van der Waals surface area contributed by atoms with Crippen LogP contribution in [0, 0.1) is 0 Å². The van der Waals surface area contributed by atoms with E-state index in [1.807, 2.05) is 32.0 Å². The summed E-state index contributed by atoms with van der Waals surface area (Å²) in [5, 5.41) is 0. The van der Waals surface area contributed by atoms with E-state index in [9.17, 15) is 4.79 Å². The Labute approximate surface area is 82.2 Å². The predicted octanol–water partition coefficient (Wildman–Crippen LogP) is 2.04. The molecule has 1 aromatic carbocycles. The minimum atomic E-state index is -0.431. The highest BCUT2D eigenvalue weighted by molar-refractivity contribution is 5.78. The lowest BCUT2D eigenvalue weighted by molar-refractivity contribution is -0.111. The zero-order valence-electron chi connectivity index (χ0n) is 8.24. The Kier molecular flexibility index (Phi) is 1.88. The molecule has 3 heteroatoms. The lowest BCUT2D eigenvalue weighted by Gasteiger charge is -2.16. The number of aromatic nitrogens is 2. The number of rotatable bonds is 2. The normalized spacial score (nSPS) is 11.9. The van der Waals surface area contributed by atoms with Crippen molar-refractivity contribution in [2.45, 2.75) is 19.3 Å². The van der Waals surface area contributed by atoms with Gasteiger partial charge < -0.3 is 9.78 Å². The average molecular weight is 188 g/mol. The molecule has 0 saturated heterocycles. The lowest BCUT2D eigenvalue weighted by Crippen LogP contribution is -2.18. The quantitative estimate of drug-likeness (QED) is 0.733. The number of carbonyl (C=O) groups is 1. The molecule has 72 valence electrons. The van der Waals surface area contributed by atoms with Gasteiger partial charge in [-0.2, -0.15) is 0 Å². The van der Waals surface area contributed by atoms with Crippen LogP contribution in [0.15, 0.2) is 24.5 Å². The summed E-state index contributed by atoms with van der Waals surface area (Å²) in [7, 11) is 0. The molecule has 1 aromatic heterocycles. The molecule has 2 aromatic rings. The lowest BCUT2D eigenvalue weighted by atomic mass is 9.86. The predicted molar refractivity (Wildman–Crippen MR) is 55.2 cm³/mol. The molecule has 0 atom stereocenters. The van der Waals surface area contributed by atoms with Crippen LogP contribution in [0.25, 0.3) is 11.0 Å². The third-order valence-electron chi connectivity index (χ3n) is 2.46. The van der Waals surface area contributed by atoms with E-state index in [0.717, 1.165) is 22.9 Å². The maximum Gasteiger partial charge on any atom is 0.129 e. The zero-order chi connectivity index (χ0) is 10.2. The number of H-pyrrole nitrogens is 1. The monoisotopic (exact) mass is 188 g/mol. The molecule has 0 fully saturated rings. The van der Waals surface area contributed by atoms with Crippen molar-refractivity contribution in [2.75, 3.05) is 0 Å². The molecular weight excluding hydrogens is 176 g/mol. The Balaban J connectivity index is 2.59. The first-order valence-electron chi connectivity index (χ1n) is 4.53. The van der Waals surface area contributed by atoms with E-state index < -0.39 is 5.41 Å². The van der Waals surface area contributed by atoms with Gasteiger partial charge in [-0.05, 0) is 31.5 Å². The molecule has 0 spiro atoms. The fourth-order valence-electron chi connectivity index (χ4n) is 1.40. The summed E-state index contributed by atoms with van der Waals surface area (Å²) in [4.78, 5) is 18.0. The fourth-order valence-corrected chi connectivity index (χ4v) is 1.40. The molecule has 0 saturated carbocycles. The van der Waals surface area contributed by atoms with E-state index in [1.54, 1.807) is 6.33 Å². The van der Waals surface area contributed by atoms with Crippen LogP contribution in [0.5, 0.6) is 0 Å². The minimum absolute atomic E-state index is 0.431. The number of nitrogens with zero attached hydrogens (tertiary/aromatic N) is 1. The molecule has 0 radical (unpaired) electrons. The Morgan fingerprint density at radius 2 is 2.21 bits per heavy atom. The van der Waals surface area contributed by atoms with Gasteiger partial charge in [-0.25, -0.2) is 4.98 Å². The number of aromatic amines is 1. The molecule has 0 bridgehead atoms. The molecule has 3 nitrogen and oxygen atoms in total. The number of nitrogens with one attached hydrogen (secondary N) is 1. The Bertz CT molecular complexity index is 471. The van der Waals surface area contributed by atoms with Crippen molar-refractivity contribution >= 4 is 17.3 Å². The van der Waals surface area contributed by atoms with E-state index in [-0.39, 0.29) is 0 Å². The van der Waals surface area contributed by atoms with Gasteiger partial charge in [0.1, 0.15) is 6.29 Å². The number of fused-ring (bicyclic) bond motifs is 1. The topological polar surface area (TPSA) is 45.8 Å². The number of aldehydes is 1. The van der Waals surface area contributed by atoms with Crippen LogP contribution >= 0.6 is 0 Å². The highest BCUT2D eigenvalue weighted by atomic mass is 16.1.